The second kappa shape index (κ2) is 6.97. The van der Waals surface area contributed by atoms with E-state index >= 15 is 0 Å². The van der Waals surface area contributed by atoms with Crippen molar-refractivity contribution in [1.82, 2.24) is 0 Å². The van der Waals surface area contributed by atoms with E-state index in [9.17, 15) is 9.90 Å². The van der Waals surface area contributed by atoms with Gasteiger partial charge in [0.05, 0.1) is 5.57 Å². The standard InChI is InChI=1S/C22H18O2/c1-16-14-19(12-13-20(16)18-10-6-3-7-11-18)21(22(23)24)15-17-8-4-2-5-9-17/h2-15H,1H3,(H,23,24). The van der Waals surface area contributed by atoms with Crippen molar-refractivity contribution >= 4 is 17.6 Å². The fraction of sp³-hybridized carbons (Fsp3) is 0.0455. The summed E-state index contributed by atoms with van der Waals surface area (Å²) in [6.07, 6.45) is 1.71. The molecule has 0 aromatic heterocycles. The Hall–Kier alpha value is -3.13. The van der Waals surface area contributed by atoms with Crippen LogP contribution in [0.5, 0.6) is 0 Å². The summed E-state index contributed by atoms with van der Waals surface area (Å²) in [5, 5.41) is 9.60. The maximum absolute atomic E-state index is 11.7. The number of hydrogen-bond donors (Lipinski definition) is 1. The van der Waals surface area contributed by atoms with Crippen molar-refractivity contribution in [2.75, 3.05) is 0 Å². The molecule has 0 aliphatic heterocycles. The number of aliphatic carboxylic acids is 1. The van der Waals surface area contributed by atoms with Crippen molar-refractivity contribution in [2.24, 2.45) is 0 Å². The Balaban J connectivity index is 2.03. The largest absolute Gasteiger partial charge is 0.478 e. The van der Waals surface area contributed by atoms with Gasteiger partial charge in [0.1, 0.15) is 0 Å². The van der Waals surface area contributed by atoms with E-state index in [1.54, 1.807) is 6.08 Å². The first-order chi connectivity index (χ1) is 11.6. The molecule has 3 rings (SSSR count). The quantitative estimate of drug-likeness (QED) is 0.525. The van der Waals surface area contributed by atoms with E-state index in [1.165, 1.54) is 0 Å². The van der Waals surface area contributed by atoms with Gasteiger partial charge < -0.3 is 5.11 Å². The molecule has 0 aliphatic carbocycles. The first-order valence-corrected chi connectivity index (χ1v) is 7.81. The third-order valence-corrected chi connectivity index (χ3v) is 3.96. The summed E-state index contributed by atoms with van der Waals surface area (Å²) >= 11 is 0. The average Bonchev–Trinajstić information content (AvgIpc) is 2.61. The van der Waals surface area contributed by atoms with Crippen LogP contribution in [0.15, 0.2) is 78.9 Å². The van der Waals surface area contributed by atoms with Crippen molar-refractivity contribution in [3.05, 3.63) is 95.6 Å². The molecule has 2 heteroatoms. The second-order valence-electron chi connectivity index (χ2n) is 5.67. The summed E-state index contributed by atoms with van der Waals surface area (Å²) in [5.74, 6) is -0.925. The monoisotopic (exact) mass is 314 g/mol. The van der Waals surface area contributed by atoms with Crippen LogP contribution in [0, 0.1) is 6.92 Å². The van der Waals surface area contributed by atoms with Crippen molar-refractivity contribution < 1.29 is 9.90 Å². The molecule has 0 amide bonds. The van der Waals surface area contributed by atoms with Gasteiger partial charge in [-0.05, 0) is 40.8 Å². The zero-order chi connectivity index (χ0) is 16.9. The van der Waals surface area contributed by atoms with Crippen LogP contribution in [-0.4, -0.2) is 11.1 Å². The number of benzene rings is 3. The molecule has 118 valence electrons. The molecule has 0 fully saturated rings. The second-order valence-corrected chi connectivity index (χ2v) is 5.67. The molecule has 0 aliphatic rings. The lowest BCUT2D eigenvalue weighted by atomic mass is 9.95. The van der Waals surface area contributed by atoms with Gasteiger partial charge in [0.2, 0.25) is 0 Å². The van der Waals surface area contributed by atoms with Gasteiger partial charge in [-0.2, -0.15) is 0 Å². The molecule has 0 saturated carbocycles. The Labute approximate surface area is 141 Å². The maximum Gasteiger partial charge on any atom is 0.336 e. The van der Waals surface area contributed by atoms with Crippen LogP contribution in [0.2, 0.25) is 0 Å². The number of aryl methyl sites for hydroxylation is 1. The Kier molecular flexibility index (Phi) is 4.57. The summed E-state index contributed by atoms with van der Waals surface area (Å²) in [7, 11) is 0. The summed E-state index contributed by atoms with van der Waals surface area (Å²) < 4.78 is 0. The van der Waals surface area contributed by atoms with E-state index in [0.717, 1.165) is 22.3 Å². The van der Waals surface area contributed by atoms with E-state index in [2.05, 4.69) is 12.1 Å². The zero-order valence-corrected chi connectivity index (χ0v) is 13.4. The van der Waals surface area contributed by atoms with E-state index in [1.807, 2.05) is 73.7 Å². The molecule has 0 heterocycles. The molecule has 3 aromatic rings. The molecule has 0 spiro atoms. The third kappa shape index (κ3) is 3.44. The van der Waals surface area contributed by atoms with Crippen molar-refractivity contribution in [2.45, 2.75) is 6.92 Å². The molecule has 1 N–H and O–H groups in total. The number of carbonyl (C=O) groups is 1. The van der Waals surface area contributed by atoms with E-state index in [-0.39, 0.29) is 0 Å². The number of carboxylic acids is 1. The highest BCUT2D eigenvalue weighted by atomic mass is 16.4. The fourth-order valence-corrected chi connectivity index (χ4v) is 2.76. The van der Waals surface area contributed by atoms with Crippen molar-refractivity contribution in [3.63, 3.8) is 0 Å². The minimum Gasteiger partial charge on any atom is -0.478 e. The molecule has 2 nitrogen and oxygen atoms in total. The highest BCUT2D eigenvalue weighted by Gasteiger charge is 2.12. The van der Waals surface area contributed by atoms with Crippen LogP contribution in [0.3, 0.4) is 0 Å². The third-order valence-electron chi connectivity index (χ3n) is 3.96. The van der Waals surface area contributed by atoms with E-state index < -0.39 is 5.97 Å². The van der Waals surface area contributed by atoms with Gasteiger partial charge in [-0.3, -0.25) is 0 Å². The van der Waals surface area contributed by atoms with Crippen LogP contribution in [0.4, 0.5) is 0 Å². The number of rotatable bonds is 4. The Morgan fingerprint density at radius 3 is 2.08 bits per heavy atom. The van der Waals surface area contributed by atoms with Gasteiger partial charge in [-0.15, -0.1) is 0 Å². The summed E-state index contributed by atoms with van der Waals surface area (Å²) in [5.41, 5.74) is 5.18. The van der Waals surface area contributed by atoms with Crippen LogP contribution in [0.25, 0.3) is 22.8 Å². The lowest BCUT2D eigenvalue weighted by molar-refractivity contribution is -0.130. The van der Waals surface area contributed by atoms with Gasteiger partial charge in [0, 0.05) is 0 Å². The lowest BCUT2D eigenvalue weighted by Gasteiger charge is -2.10. The molecule has 3 aromatic carbocycles. The maximum atomic E-state index is 11.7. The van der Waals surface area contributed by atoms with Gasteiger partial charge in [-0.1, -0.05) is 78.9 Å². The first-order valence-electron chi connectivity index (χ1n) is 7.81. The molecule has 24 heavy (non-hydrogen) atoms. The average molecular weight is 314 g/mol. The van der Waals surface area contributed by atoms with E-state index in [4.69, 9.17) is 0 Å². The highest BCUT2D eigenvalue weighted by molar-refractivity contribution is 6.20. The smallest absolute Gasteiger partial charge is 0.336 e. The Morgan fingerprint density at radius 2 is 1.50 bits per heavy atom. The summed E-state index contributed by atoms with van der Waals surface area (Å²) in [6.45, 7) is 2.01. The topological polar surface area (TPSA) is 37.3 Å². The van der Waals surface area contributed by atoms with Crippen LogP contribution in [0.1, 0.15) is 16.7 Å². The molecule has 0 radical (unpaired) electrons. The SMILES string of the molecule is Cc1cc(C(=Cc2ccccc2)C(=O)O)ccc1-c1ccccc1. The van der Waals surface area contributed by atoms with Gasteiger partial charge in [0.15, 0.2) is 0 Å². The molecule has 0 atom stereocenters. The Morgan fingerprint density at radius 1 is 0.875 bits per heavy atom. The predicted molar refractivity (Wildman–Crippen MR) is 98.6 cm³/mol. The van der Waals surface area contributed by atoms with Gasteiger partial charge in [-0.25, -0.2) is 4.79 Å². The lowest BCUT2D eigenvalue weighted by Crippen LogP contribution is -2.00. The minimum atomic E-state index is -0.925. The normalized spacial score (nSPS) is 11.3. The van der Waals surface area contributed by atoms with Crippen molar-refractivity contribution in [3.8, 4) is 11.1 Å². The molecule has 0 unspecified atom stereocenters. The highest BCUT2D eigenvalue weighted by Crippen LogP contribution is 2.27. The predicted octanol–water partition coefficient (Wildman–Crippen LogP) is 5.29. The molecular formula is C22H18O2. The summed E-state index contributed by atoms with van der Waals surface area (Å²) in [6, 6.07) is 25.4. The Bertz CT molecular complexity index is 878. The molecule has 0 bridgehead atoms. The van der Waals surface area contributed by atoms with Crippen LogP contribution >= 0.6 is 0 Å². The number of carboxylic acid groups (broad SMARTS) is 1. The van der Waals surface area contributed by atoms with Gasteiger partial charge >= 0.3 is 5.97 Å². The first kappa shape index (κ1) is 15.8. The van der Waals surface area contributed by atoms with Crippen LogP contribution < -0.4 is 0 Å². The minimum absolute atomic E-state index is 0.295. The van der Waals surface area contributed by atoms with E-state index in [0.29, 0.717) is 11.1 Å². The number of hydrogen-bond acceptors (Lipinski definition) is 1. The zero-order valence-electron chi connectivity index (χ0n) is 13.4. The van der Waals surface area contributed by atoms with Gasteiger partial charge in [0.25, 0.3) is 0 Å². The summed E-state index contributed by atoms with van der Waals surface area (Å²) in [4.78, 5) is 11.7. The van der Waals surface area contributed by atoms with Crippen molar-refractivity contribution in [1.29, 1.82) is 0 Å². The molecular weight excluding hydrogens is 296 g/mol. The fourth-order valence-electron chi connectivity index (χ4n) is 2.76. The molecule has 0 saturated heterocycles. The van der Waals surface area contributed by atoms with Crippen LogP contribution in [-0.2, 0) is 4.79 Å².